The summed E-state index contributed by atoms with van der Waals surface area (Å²) in [7, 11) is 0. The van der Waals surface area contributed by atoms with Crippen LogP contribution >= 0.6 is 11.6 Å². The van der Waals surface area contributed by atoms with Crippen molar-refractivity contribution in [2.75, 3.05) is 0 Å². The van der Waals surface area contributed by atoms with Gasteiger partial charge in [0.2, 0.25) is 0 Å². The van der Waals surface area contributed by atoms with Crippen LogP contribution in [0.15, 0.2) is 29.2 Å². The average molecular weight is 363 g/mol. The lowest BCUT2D eigenvalue weighted by Gasteiger charge is -2.41. The molecule has 1 aromatic carbocycles. The summed E-state index contributed by atoms with van der Waals surface area (Å²) in [5.41, 5.74) is 6.47. The monoisotopic (exact) mass is 362 g/mol. The minimum atomic E-state index is -0.135. The zero-order valence-electron chi connectivity index (χ0n) is 15.0. The third-order valence-electron chi connectivity index (χ3n) is 5.69. The van der Waals surface area contributed by atoms with Gasteiger partial charge in [-0.15, -0.1) is 0 Å². The van der Waals surface area contributed by atoms with Crippen LogP contribution in [0.2, 0.25) is 5.02 Å². The number of hydrogen-bond acceptors (Lipinski definition) is 3. The molecule has 1 heterocycles. The van der Waals surface area contributed by atoms with Crippen LogP contribution in [0.5, 0.6) is 5.75 Å². The van der Waals surface area contributed by atoms with Gasteiger partial charge in [-0.2, -0.15) is 0 Å². The molecule has 25 heavy (non-hydrogen) atoms. The molecule has 0 aliphatic heterocycles. The molecular weight excluding hydrogens is 336 g/mol. The summed E-state index contributed by atoms with van der Waals surface area (Å²) in [4.78, 5) is 14.5. The molecule has 0 saturated heterocycles. The third kappa shape index (κ3) is 3.85. The van der Waals surface area contributed by atoms with Crippen molar-refractivity contribution in [1.82, 2.24) is 4.98 Å². The molecular formula is C20H27ClN2O2. The van der Waals surface area contributed by atoms with E-state index in [1.165, 1.54) is 0 Å². The molecule has 0 amide bonds. The lowest BCUT2D eigenvalue weighted by molar-refractivity contribution is 0.0708. The molecule has 136 valence electrons. The van der Waals surface area contributed by atoms with Crippen LogP contribution in [0.1, 0.15) is 52.4 Å². The zero-order chi connectivity index (χ0) is 18.0. The highest BCUT2D eigenvalue weighted by Gasteiger charge is 2.36. The minimum absolute atomic E-state index is 0.135. The third-order valence-corrected chi connectivity index (χ3v) is 5.98. The molecule has 4 nitrogen and oxygen atoms in total. The van der Waals surface area contributed by atoms with Crippen LogP contribution in [-0.4, -0.2) is 17.1 Å². The van der Waals surface area contributed by atoms with Crippen molar-refractivity contribution in [2.24, 2.45) is 11.1 Å². The number of pyridine rings is 1. The van der Waals surface area contributed by atoms with E-state index in [-0.39, 0.29) is 23.1 Å². The Morgan fingerprint density at radius 3 is 2.80 bits per heavy atom. The summed E-state index contributed by atoms with van der Waals surface area (Å²) in [6.45, 7) is 4.49. The fourth-order valence-corrected chi connectivity index (χ4v) is 4.07. The molecule has 1 fully saturated rings. The van der Waals surface area contributed by atoms with Crippen LogP contribution in [-0.2, 0) is 0 Å². The molecule has 2 aromatic rings. The van der Waals surface area contributed by atoms with Crippen molar-refractivity contribution in [3.63, 3.8) is 0 Å². The molecule has 5 heteroatoms. The van der Waals surface area contributed by atoms with Crippen LogP contribution in [0.4, 0.5) is 0 Å². The number of nitrogens with one attached hydrogen (secondary N) is 1. The summed E-state index contributed by atoms with van der Waals surface area (Å²) < 4.78 is 6.18. The quantitative estimate of drug-likeness (QED) is 0.814. The predicted octanol–water partition coefficient (Wildman–Crippen LogP) is 4.64. The normalized spacial score (nSPS) is 25.0. The van der Waals surface area contributed by atoms with Crippen molar-refractivity contribution in [2.45, 2.75) is 64.5 Å². The van der Waals surface area contributed by atoms with Gasteiger partial charge in [-0.1, -0.05) is 31.9 Å². The highest BCUT2D eigenvalue weighted by molar-refractivity contribution is 6.32. The summed E-state index contributed by atoms with van der Waals surface area (Å²) >= 11 is 6.34. The number of rotatable bonds is 5. The first-order chi connectivity index (χ1) is 11.9. The summed E-state index contributed by atoms with van der Waals surface area (Å²) in [5, 5.41) is 1.91. The fourth-order valence-electron chi connectivity index (χ4n) is 3.86. The van der Waals surface area contributed by atoms with Gasteiger partial charge in [0.25, 0.3) is 5.56 Å². The minimum Gasteiger partial charge on any atom is -0.489 e. The smallest absolute Gasteiger partial charge is 0.255 e. The first-order valence-corrected chi connectivity index (χ1v) is 9.54. The Kier molecular flexibility index (Phi) is 5.40. The standard InChI is InChI=1S/C20H27ClN2O2/c1-3-4-18(22)20(2)8-5-14(6-9-20)25-17-11-13-7-10-23-19(24)15(13)12-16(17)21/h7,10-12,14,18H,3-6,8-9,22H2,1-2H3,(H,23,24)/t14-,18?,20+. The van der Waals surface area contributed by atoms with Crippen molar-refractivity contribution >= 4 is 22.4 Å². The van der Waals surface area contributed by atoms with Gasteiger partial charge in [-0.3, -0.25) is 4.79 Å². The Morgan fingerprint density at radius 1 is 1.40 bits per heavy atom. The number of benzene rings is 1. The van der Waals surface area contributed by atoms with Gasteiger partial charge in [0, 0.05) is 17.6 Å². The second-order valence-electron chi connectivity index (χ2n) is 7.54. The van der Waals surface area contributed by atoms with Crippen molar-refractivity contribution in [3.8, 4) is 5.75 Å². The molecule has 3 N–H and O–H groups in total. The number of ether oxygens (including phenoxy) is 1. The van der Waals surface area contributed by atoms with Gasteiger partial charge in [-0.05, 0) is 61.1 Å². The van der Waals surface area contributed by atoms with Crippen LogP contribution in [0.3, 0.4) is 0 Å². The number of fused-ring (bicyclic) bond motifs is 1. The number of aromatic nitrogens is 1. The summed E-state index contributed by atoms with van der Waals surface area (Å²) in [6, 6.07) is 5.68. The van der Waals surface area contributed by atoms with E-state index in [1.54, 1.807) is 12.3 Å². The van der Waals surface area contributed by atoms with E-state index < -0.39 is 0 Å². The Bertz CT molecular complexity index is 794. The summed E-state index contributed by atoms with van der Waals surface area (Å²) in [6.07, 6.45) is 8.11. The van der Waals surface area contributed by atoms with E-state index in [0.717, 1.165) is 43.9 Å². The highest BCUT2D eigenvalue weighted by Crippen LogP contribution is 2.41. The van der Waals surface area contributed by atoms with E-state index in [0.29, 0.717) is 16.2 Å². The summed E-state index contributed by atoms with van der Waals surface area (Å²) in [5.74, 6) is 0.659. The largest absolute Gasteiger partial charge is 0.489 e. The van der Waals surface area contributed by atoms with Gasteiger partial charge < -0.3 is 15.5 Å². The van der Waals surface area contributed by atoms with Crippen LogP contribution in [0, 0.1) is 5.41 Å². The molecule has 1 aliphatic rings. The van der Waals surface area contributed by atoms with E-state index in [2.05, 4.69) is 18.8 Å². The van der Waals surface area contributed by atoms with Gasteiger partial charge >= 0.3 is 0 Å². The van der Waals surface area contributed by atoms with Crippen molar-refractivity contribution in [1.29, 1.82) is 0 Å². The first-order valence-electron chi connectivity index (χ1n) is 9.16. The van der Waals surface area contributed by atoms with Crippen molar-refractivity contribution in [3.05, 3.63) is 39.8 Å². The number of halogens is 1. The molecule has 1 saturated carbocycles. The number of aromatic amines is 1. The Hall–Kier alpha value is -1.52. The predicted molar refractivity (Wildman–Crippen MR) is 103 cm³/mol. The lowest BCUT2D eigenvalue weighted by atomic mass is 9.69. The number of hydrogen-bond donors (Lipinski definition) is 2. The SMILES string of the molecule is CCCC(N)[C@]1(C)CC[C@H](Oc2cc3cc[nH]c(=O)c3cc2Cl)CC1. The molecule has 0 radical (unpaired) electrons. The van der Waals surface area contributed by atoms with E-state index in [1.807, 2.05) is 12.1 Å². The second-order valence-corrected chi connectivity index (χ2v) is 7.95. The first kappa shape index (κ1) is 18.3. The van der Waals surface area contributed by atoms with Crippen molar-refractivity contribution < 1.29 is 4.74 Å². The molecule has 0 bridgehead atoms. The Balaban J connectivity index is 1.71. The van der Waals surface area contributed by atoms with Gasteiger partial charge in [0.1, 0.15) is 5.75 Å². The fraction of sp³-hybridized carbons (Fsp3) is 0.550. The van der Waals surface area contributed by atoms with E-state index in [9.17, 15) is 4.79 Å². The van der Waals surface area contributed by atoms with E-state index in [4.69, 9.17) is 22.1 Å². The average Bonchev–Trinajstić information content (AvgIpc) is 2.59. The Morgan fingerprint density at radius 2 is 2.12 bits per heavy atom. The molecule has 0 spiro atoms. The topological polar surface area (TPSA) is 68.1 Å². The number of nitrogens with two attached hydrogens (primary N) is 1. The zero-order valence-corrected chi connectivity index (χ0v) is 15.7. The van der Waals surface area contributed by atoms with Gasteiger partial charge in [0.15, 0.2) is 0 Å². The maximum atomic E-state index is 11.9. The number of H-pyrrole nitrogens is 1. The molecule has 1 aromatic heterocycles. The molecule has 1 unspecified atom stereocenters. The van der Waals surface area contributed by atoms with Crippen LogP contribution < -0.4 is 16.0 Å². The molecule has 1 atom stereocenters. The molecule has 3 rings (SSSR count). The maximum absolute atomic E-state index is 11.9. The highest BCUT2D eigenvalue weighted by atomic mass is 35.5. The second kappa shape index (κ2) is 7.38. The maximum Gasteiger partial charge on any atom is 0.255 e. The Labute approximate surface area is 153 Å². The lowest BCUT2D eigenvalue weighted by Crippen LogP contribution is -2.43. The molecule has 1 aliphatic carbocycles. The van der Waals surface area contributed by atoms with Gasteiger partial charge in [-0.25, -0.2) is 0 Å². The van der Waals surface area contributed by atoms with E-state index >= 15 is 0 Å². The van der Waals surface area contributed by atoms with Crippen LogP contribution in [0.25, 0.3) is 10.8 Å². The van der Waals surface area contributed by atoms with Gasteiger partial charge in [0.05, 0.1) is 11.1 Å².